The van der Waals surface area contributed by atoms with Gasteiger partial charge in [0.2, 0.25) is 0 Å². The Balaban J connectivity index is 1.42. The second-order valence-corrected chi connectivity index (χ2v) is 9.44. The van der Waals surface area contributed by atoms with Gasteiger partial charge in [-0.05, 0) is 60.6 Å². The summed E-state index contributed by atoms with van der Waals surface area (Å²) in [7, 11) is 1.66. The van der Waals surface area contributed by atoms with E-state index in [0.717, 1.165) is 41.2 Å². The van der Waals surface area contributed by atoms with E-state index in [2.05, 4.69) is 36.1 Å². The lowest BCUT2D eigenvalue weighted by Crippen LogP contribution is -2.35. The third-order valence-electron chi connectivity index (χ3n) is 6.64. The van der Waals surface area contributed by atoms with Gasteiger partial charge in [-0.1, -0.05) is 50.3 Å². The summed E-state index contributed by atoms with van der Waals surface area (Å²) in [6.07, 6.45) is 9.05. The molecule has 0 fully saturated rings. The Morgan fingerprint density at radius 1 is 1.11 bits per heavy atom. The first-order chi connectivity index (χ1) is 16.9. The van der Waals surface area contributed by atoms with Gasteiger partial charge < -0.3 is 14.4 Å². The van der Waals surface area contributed by atoms with Crippen molar-refractivity contribution in [1.82, 2.24) is 24.3 Å². The van der Waals surface area contributed by atoms with Crippen molar-refractivity contribution >= 4 is 12.2 Å². The number of benzene rings is 2. The minimum absolute atomic E-state index is 0.446. The van der Waals surface area contributed by atoms with Gasteiger partial charge in [-0.3, -0.25) is 0 Å². The summed E-state index contributed by atoms with van der Waals surface area (Å²) in [5, 5.41) is 16.3. The van der Waals surface area contributed by atoms with Crippen LogP contribution in [-0.2, 0) is 12.1 Å². The van der Waals surface area contributed by atoms with Crippen LogP contribution < -0.4 is 4.74 Å². The molecule has 7 heteroatoms. The molecule has 0 aliphatic carbocycles. The molecule has 0 spiro atoms. The van der Waals surface area contributed by atoms with E-state index in [4.69, 9.17) is 9.72 Å². The van der Waals surface area contributed by atoms with Gasteiger partial charge >= 0.3 is 0 Å². The summed E-state index contributed by atoms with van der Waals surface area (Å²) in [5.41, 5.74) is 3.82. The summed E-state index contributed by atoms with van der Waals surface area (Å²) in [5.74, 6) is 2.37. The number of ether oxygens (including phenoxy) is 1. The van der Waals surface area contributed by atoms with Crippen LogP contribution in [0.3, 0.4) is 0 Å². The van der Waals surface area contributed by atoms with Crippen molar-refractivity contribution < 1.29 is 9.84 Å². The Morgan fingerprint density at radius 2 is 1.91 bits per heavy atom. The molecule has 3 heterocycles. The molecule has 2 aromatic heterocycles. The normalized spacial score (nSPS) is 17.8. The lowest BCUT2D eigenvalue weighted by molar-refractivity contribution is 0.0395. The Kier molecular flexibility index (Phi) is 6.03. The lowest BCUT2D eigenvalue weighted by Gasteiger charge is -2.32. The molecule has 0 saturated carbocycles. The fraction of sp³-hybridized carbons (Fsp3) is 0.321. The molecule has 0 bridgehead atoms. The van der Waals surface area contributed by atoms with E-state index in [1.54, 1.807) is 13.4 Å². The number of nitrogens with zero attached hydrogens (tertiary/aromatic N) is 5. The van der Waals surface area contributed by atoms with E-state index in [1.807, 2.05) is 64.9 Å². The fourth-order valence-corrected chi connectivity index (χ4v) is 4.64. The van der Waals surface area contributed by atoms with Crippen molar-refractivity contribution in [3.8, 4) is 11.4 Å². The largest absolute Gasteiger partial charge is 0.495 e. The second-order valence-electron chi connectivity index (χ2n) is 9.44. The highest BCUT2D eigenvalue weighted by atomic mass is 16.5. The molecule has 5 rings (SSSR count). The maximum Gasteiger partial charge on any atom is 0.174 e. The van der Waals surface area contributed by atoms with Gasteiger partial charge in [-0.2, -0.15) is 5.10 Å². The summed E-state index contributed by atoms with van der Waals surface area (Å²) in [6.45, 7) is 7.04. The first-order valence-corrected chi connectivity index (χ1v) is 12.0. The molecular weight excluding hydrogens is 438 g/mol. The van der Waals surface area contributed by atoms with Crippen molar-refractivity contribution in [1.29, 1.82) is 0 Å². The molecule has 1 N–H and O–H groups in total. The van der Waals surface area contributed by atoms with Crippen molar-refractivity contribution in [2.75, 3.05) is 7.11 Å². The van der Waals surface area contributed by atoms with Crippen molar-refractivity contribution in [2.24, 2.45) is 0 Å². The number of hydrogen-bond donors (Lipinski definition) is 1. The molecule has 2 aromatic carbocycles. The van der Waals surface area contributed by atoms with E-state index in [1.165, 1.54) is 5.56 Å². The van der Waals surface area contributed by atoms with Gasteiger partial charge in [0.05, 0.1) is 24.8 Å². The predicted octanol–water partition coefficient (Wildman–Crippen LogP) is 5.10. The van der Waals surface area contributed by atoms with E-state index in [9.17, 15) is 5.11 Å². The molecule has 7 nitrogen and oxygen atoms in total. The topological polar surface area (TPSA) is 78.0 Å². The number of methoxy groups -OCH3 is 1. The van der Waals surface area contributed by atoms with Crippen molar-refractivity contribution in [3.05, 3.63) is 89.0 Å². The number of rotatable bonds is 6. The summed E-state index contributed by atoms with van der Waals surface area (Å²) in [6, 6.07) is 14.2. The summed E-state index contributed by atoms with van der Waals surface area (Å²) >= 11 is 0. The van der Waals surface area contributed by atoms with Crippen LogP contribution in [0, 0.1) is 6.92 Å². The molecule has 180 valence electrons. The molecule has 1 atom stereocenters. The second kappa shape index (κ2) is 9.15. The van der Waals surface area contributed by atoms with Crippen LogP contribution in [0.15, 0.2) is 55.0 Å². The first-order valence-electron chi connectivity index (χ1n) is 12.0. The summed E-state index contributed by atoms with van der Waals surface area (Å²) in [4.78, 5) is 9.03. The molecule has 1 unspecified atom stereocenters. The minimum Gasteiger partial charge on any atom is -0.495 e. The average molecular weight is 470 g/mol. The maximum atomic E-state index is 11.7. The third kappa shape index (κ3) is 4.39. The zero-order valence-electron chi connectivity index (χ0n) is 20.6. The minimum atomic E-state index is -1.14. The molecule has 0 radical (unpaired) electrons. The van der Waals surface area contributed by atoms with Crippen LogP contribution in [0.2, 0.25) is 0 Å². The molecular formula is C28H31N5O2. The molecule has 1 aliphatic rings. The highest BCUT2D eigenvalue weighted by Gasteiger charge is 2.39. The van der Waals surface area contributed by atoms with Crippen LogP contribution in [0.1, 0.15) is 66.6 Å². The highest BCUT2D eigenvalue weighted by molar-refractivity contribution is 5.69. The van der Waals surface area contributed by atoms with Gasteiger partial charge in [0.1, 0.15) is 11.4 Å². The molecule has 4 aromatic rings. The van der Waals surface area contributed by atoms with Crippen LogP contribution >= 0.6 is 0 Å². The van der Waals surface area contributed by atoms with Gasteiger partial charge in [-0.25, -0.2) is 14.6 Å². The third-order valence-corrected chi connectivity index (χ3v) is 6.64. The van der Waals surface area contributed by atoms with E-state index < -0.39 is 5.60 Å². The summed E-state index contributed by atoms with van der Waals surface area (Å²) < 4.78 is 9.40. The number of aromatic nitrogens is 5. The predicted molar refractivity (Wildman–Crippen MR) is 137 cm³/mol. The Labute approximate surface area is 205 Å². The maximum absolute atomic E-state index is 11.7. The smallest absolute Gasteiger partial charge is 0.174 e. The van der Waals surface area contributed by atoms with Gasteiger partial charge in [0.25, 0.3) is 0 Å². The highest BCUT2D eigenvalue weighted by Crippen LogP contribution is 2.37. The standard InChI is InChI=1S/C28H31N5O2/c1-19(2)22-8-10-23(11-9-22)28(34)14-5-15-33-27(28)30-26(31-33)13-7-21-6-12-24(25(16-21)35-4)32-17-20(3)29-18-32/h6-13,16-19,34H,5,14-15H2,1-4H3/b13-7+. The van der Waals surface area contributed by atoms with E-state index in [-0.39, 0.29) is 0 Å². The SMILES string of the molecule is COc1cc(/C=C/c2nc3n(n2)CCCC3(O)c2ccc(C(C)C)cc2)ccc1-n1cnc(C)c1. The van der Waals surface area contributed by atoms with E-state index in [0.29, 0.717) is 24.0 Å². The molecule has 35 heavy (non-hydrogen) atoms. The number of aliphatic hydroxyl groups is 1. The Morgan fingerprint density at radius 3 is 2.60 bits per heavy atom. The molecule has 0 saturated heterocycles. The van der Waals surface area contributed by atoms with Crippen molar-refractivity contribution in [3.63, 3.8) is 0 Å². The first kappa shape index (κ1) is 23.1. The van der Waals surface area contributed by atoms with Crippen LogP contribution in [-0.4, -0.2) is 36.5 Å². The number of imidazole rings is 1. The van der Waals surface area contributed by atoms with Crippen LogP contribution in [0.25, 0.3) is 17.8 Å². The quantitative estimate of drug-likeness (QED) is 0.425. The number of aryl methyl sites for hydroxylation is 2. The molecule has 1 aliphatic heterocycles. The average Bonchev–Trinajstić information content (AvgIpc) is 3.49. The Bertz CT molecular complexity index is 1370. The van der Waals surface area contributed by atoms with Crippen LogP contribution in [0.4, 0.5) is 0 Å². The molecule has 0 amide bonds. The van der Waals surface area contributed by atoms with Crippen LogP contribution in [0.5, 0.6) is 5.75 Å². The monoisotopic (exact) mass is 469 g/mol. The number of hydrogen-bond acceptors (Lipinski definition) is 5. The zero-order valence-corrected chi connectivity index (χ0v) is 20.6. The zero-order chi connectivity index (χ0) is 24.6. The van der Waals surface area contributed by atoms with Gasteiger partial charge in [0.15, 0.2) is 11.6 Å². The van der Waals surface area contributed by atoms with Gasteiger partial charge in [-0.15, -0.1) is 0 Å². The van der Waals surface area contributed by atoms with E-state index >= 15 is 0 Å². The fourth-order valence-electron chi connectivity index (χ4n) is 4.64. The lowest BCUT2D eigenvalue weighted by atomic mass is 9.85. The van der Waals surface area contributed by atoms with Crippen molar-refractivity contribution in [2.45, 2.75) is 51.7 Å². The number of fused-ring (bicyclic) bond motifs is 1. The van der Waals surface area contributed by atoms with Gasteiger partial charge in [0, 0.05) is 12.7 Å². The Hall–Kier alpha value is -3.71.